The SMILES string of the molecule is COc1ccc(-c2ccc3c4c(c5ccc(-c6ccc(OC)cc6)cc5c3c2)=NC2C(c3cccc5c3-c3ccccc3C5(C)C)SC(c3cccc5c3-c3ccccc3C5(C)C)C2N=4)cc1. The number of nitrogens with zero attached hydrogens (tertiary/aromatic N) is 2. The van der Waals surface area contributed by atoms with Crippen molar-refractivity contribution in [3.63, 3.8) is 0 Å². The Kier molecular flexibility index (Phi) is 8.89. The summed E-state index contributed by atoms with van der Waals surface area (Å²) >= 11 is 2.08. The van der Waals surface area contributed by atoms with Crippen LogP contribution in [0.4, 0.5) is 0 Å². The Hall–Kier alpha value is -6.95. The molecule has 4 nitrogen and oxygen atoms in total. The van der Waals surface area contributed by atoms with E-state index in [4.69, 9.17) is 19.5 Å². The zero-order valence-corrected chi connectivity index (χ0v) is 39.4. The van der Waals surface area contributed by atoms with Gasteiger partial charge in [0.15, 0.2) is 0 Å². The van der Waals surface area contributed by atoms with Crippen LogP contribution in [0.3, 0.4) is 0 Å². The van der Waals surface area contributed by atoms with Crippen molar-refractivity contribution in [2.75, 3.05) is 14.2 Å². The first kappa shape index (κ1) is 40.3. The normalized spacial score (nSPS) is 19.9. The average Bonchev–Trinajstić information content (AvgIpc) is 3.95. The molecule has 4 unspecified atom stereocenters. The monoisotopic (exact) mass is 886 g/mol. The highest BCUT2D eigenvalue weighted by Gasteiger charge is 2.50. The lowest BCUT2D eigenvalue weighted by atomic mass is 9.81. The third-order valence-corrected chi connectivity index (χ3v) is 17.3. The minimum Gasteiger partial charge on any atom is -0.497 e. The van der Waals surface area contributed by atoms with E-state index in [0.717, 1.165) is 55.2 Å². The van der Waals surface area contributed by atoms with Gasteiger partial charge in [0, 0.05) is 21.6 Å². The van der Waals surface area contributed by atoms with Crippen molar-refractivity contribution < 1.29 is 9.47 Å². The molecule has 5 heteroatoms. The summed E-state index contributed by atoms with van der Waals surface area (Å²) in [6, 6.07) is 62.5. The zero-order valence-electron chi connectivity index (χ0n) is 38.6. The zero-order chi connectivity index (χ0) is 45.3. The molecule has 1 fully saturated rings. The van der Waals surface area contributed by atoms with Crippen LogP contribution < -0.4 is 20.2 Å². The maximum absolute atomic E-state index is 6.08. The van der Waals surface area contributed by atoms with E-state index in [0.29, 0.717) is 0 Å². The number of methoxy groups -OCH3 is 2. The molecule has 0 bridgehead atoms. The molecule has 13 rings (SSSR count). The highest BCUT2D eigenvalue weighted by molar-refractivity contribution is 8.00. The predicted octanol–water partition coefficient (Wildman–Crippen LogP) is 14.2. The van der Waals surface area contributed by atoms with Gasteiger partial charge in [0.1, 0.15) is 11.5 Å². The quantitative estimate of drug-likeness (QED) is 0.156. The minimum absolute atomic E-state index is 0.0612. The van der Waals surface area contributed by atoms with E-state index in [9.17, 15) is 0 Å². The summed E-state index contributed by atoms with van der Waals surface area (Å²) in [5.74, 6) is 1.69. The van der Waals surface area contributed by atoms with Gasteiger partial charge in [-0.05, 0) is 125 Å². The number of fused-ring (bicyclic) bond motifs is 13. The van der Waals surface area contributed by atoms with Gasteiger partial charge in [-0.3, -0.25) is 9.98 Å². The van der Waals surface area contributed by atoms with Crippen LogP contribution in [-0.2, 0) is 10.8 Å². The predicted molar refractivity (Wildman–Crippen MR) is 276 cm³/mol. The van der Waals surface area contributed by atoms with Gasteiger partial charge in [-0.2, -0.15) is 0 Å². The van der Waals surface area contributed by atoms with E-state index in [2.05, 4.69) is 185 Å². The number of thioether (sulfide) groups is 1. The van der Waals surface area contributed by atoms with Gasteiger partial charge in [-0.25, -0.2) is 0 Å². The molecule has 0 radical (unpaired) electrons. The molecule has 2 aliphatic carbocycles. The van der Waals surface area contributed by atoms with Crippen LogP contribution in [0.25, 0.3) is 66.1 Å². The van der Waals surface area contributed by atoms with Crippen molar-refractivity contribution in [3.05, 3.63) is 214 Å². The van der Waals surface area contributed by atoms with E-state index in [1.807, 2.05) is 24.3 Å². The highest BCUT2D eigenvalue weighted by atomic mass is 32.2. The first-order valence-electron chi connectivity index (χ1n) is 23.5. The molecule has 2 aliphatic heterocycles. The lowest BCUT2D eigenvalue weighted by Crippen LogP contribution is -2.40. The van der Waals surface area contributed by atoms with Crippen molar-refractivity contribution in [2.45, 2.75) is 61.1 Å². The summed E-state index contributed by atoms with van der Waals surface area (Å²) in [6.07, 6.45) is 0. The molecule has 0 saturated carbocycles. The molecular formula is C62H50N2O2S. The van der Waals surface area contributed by atoms with Crippen molar-refractivity contribution in [1.29, 1.82) is 0 Å². The van der Waals surface area contributed by atoms with Crippen molar-refractivity contribution >= 4 is 33.3 Å². The van der Waals surface area contributed by atoms with Gasteiger partial charge in [-0.15, -0.1) is 11.8 Å². The van der Waals surface area contributed by atoms with E-state index in [1.54, 1.807) is 14.2 Å². The molecule has 2 heterocycles. The van der Waals surface area contributed by atoms with Crippen molar-refractivity contribution in [1.82, 2.24) is 0 Å². The Morgan fingerprint density at radius 1 is 0.403 bits per heavy atom. The molecule has 1 saturated heterocycles. The number of hydrogen-bond acceptors (Lipinski definition) is 5. The molecule has 0 aromatic heterocycles. The van der Waals surface area contributed by atoms with Crippen LogP contribution in [0, 0.1) is 0 Å². The van der Waals surface area contributed by atoms with Gasteiger partial charge in [0.2, 0.25) is 0 Å². The second-order valence-electron chi connectivity index (χ2n) is 19.8. The lowest BCUT2D eigenvalue weighted by molar-refractivity contribution is 0.415. The number of rotatable bonds is 6. The summed E-state index contributed by atoms with van der Waals surface area (Å²) in [7, 11) is 3.43. The fourth-order valence-corrected chi connectivity index (χ4v) is 14.0. The Bertz CT molecular complexity index is 3420. The molecule has 4 atom stereocenters. The molecule has 0 N–H and O–H groups in total. The summed E-state index contributed by atoms with van der Waals surface area (Å²) < 4.78 is 11.1. The Labute approximate surface area is 396 Å². The van der Waals surface area contributed by atoms with E-state index < -0.39 is 0 Å². The smallest absolute Gasteiger partial charge is 0.118 e. The van der Waals surface area contributed by atoms with Gasteiger partial charge in [0.25, 0.3) is 0 Å². The molecule has 4 aliphatic rings. The van der Waals surface area contributed by atoms with Crippen molar-refractivity contribution in [2.24, 2.45) is 9.98 Å². The van der Waals surface area contributed by atoms with Gasteiger partial charge in [-0.1, -0.05) is 161 Å². The summed E-state index contributed by atoms with van der Waals surface area (Å²) in [6.45, 7) is 9.54. The third kappa shape index (κ3) is 5.86. The molecule has 0 spiro atoms. The summed E-state index contributed by atoms with van der Waals surface area (Å²) in [4.78, 5) is 12.2. The second-order valence-corrected chi connectivity index (χ2v) is 21.1. The molecule has 9 aromatic rings. The molecule has 9 aromatic carbocycles. The molecule has 0 amide bonds. The maximum atomic E-state index is 6.08. The van der Waals surface area contributed by atoms with E-state index in [1.165, 1.54) is 66.4 Å². The van der Waals surface area contributed by atoms with Crippen LogP contribution in [0.15, 0.2) is 180 Å². The highest BCUT2D eigenvalue weighted by Crippen LogP contribution is 2.62. The maximum Gasteiger partial charge on any atom is 0.118 e. The molecular weight excluding hydrogens is 837 g/mol. The lowest BCUT2D eigenvalue weighted by Gasteiger charge is -2.26. The van der Waals surface area contributed by atoms with Crippen LogP contribution in [0.5, 0.6) is 11.5 Å². The minimum atomic E-state index is -0.110. The summed E-state index contributed by atoms with van der Waals surface area (Å²) in [5, 5.41) is 6.70. The average molecular weight is 887 g/mol. The topological polar surface area (TPSA) is 43.2 Å². The number of hydrogen-bond donors (Lipinski definition) is 0. The Morgan fingerprint density at radius 2 is 0.791 bits per heavy atom. The number of ether oxygens (including phenoxy) is 2. The van der Waals surface area contributed by atoms with Crippen LogP contribution in [0.1, 0.15) is 71.6 Å². The molecule has 326 valence electrons. The Balaban J connectivity index is 1.08. The summed E-state index contributed by atoms with van der Waals surface area (Å²) in [5.41, 5.74) is 18.1. The van der Waals surface area contributed by atoms with Crippen molar-refractivity contribution in [3.8, 4) is 56.0 Å². The van der Waals surface area contributed by atoms with Gasteiger partial charge < -0.3 is 9.47 Å². The van der Waals surface area contributed by atoms with Gasteiger partial charge >= 0.3 is 0 Å². The first-order chi connectivity index (χ1) is 32.6. The van der Waals surface area contributed by atoms with E-state index >= 15 is 0 Å². The Morgan fingerprint density at radius 3 is 1.21 bits per heavy atom. The van der Waals surface area contributed by atoms with E-state index in [-0.39, 0.29) is 33.4 Å². The standard InChI is InChI=1S/C62H50N2O2S/c1-61(2)49-17-9-7-13-43(49)53-45(15-11-19-51(53)61)59-57-58(60(67-59)46-16-12-20-52-54(46)44-14-8-10-18-50(44)62(52,3)4)64-56-42-32-26-38(36-23-29-40(66-6)30-24-36)34-48(42)47-33-37(25-31-41(47)55(56)63-57)35-21-27-39(65-5)28-22-35/h7-34,57-60H,1-6H3. The number of benzene rings is 9. The fourth-order valence-electron chi connectivity index (χ4n) is 12.2. The first-order valence-corrected chi connectivity index (χ1v) is 24.4. The second kappa shape index (κ2) is 14.8. The van der Waals surface area contributed by atoms with Crippen LogP contribution in [0.2, 0.25) is 0 Å². The molecule has 67 heavy (non-hydrogen) atoms. The van der Waals surface area contributed by atoms with Gasteiger partial charge in [0.05, 0.1) is 47.5 Å². The van der Waals surface area contributed by atoms with Crippen LogP contribution >= 0.6 is 11.8 Å². The third-order valence-electron chi connectivity index (χ3n) is 15.6. The largest absolute Gasteiger partial charge is 0.497 e. The fraction of sp³-hybridized carbons (Fsp3) is 0.194. The van der Waals surface area contributed by atoms with Crippen LogP contribution in [-0.4, -0.2) is 26.3 Å².